The highest BCUT2D eigenvalue weighted by molar-refractivity contribution is 5.71. The second-order valence-electron chi connectivity index (χ2n) is 4.42. The molecular formula is C13H17NO4. The second-order valence-corrected chi connectivity index (χ2v) is 4.42. The quantitative estimate of drug-likeness (QED) is 0.856. The number of benzene rings is 1. The number of hydrogen-bond donors (Lipinski definition) is 2. The van der Waals surface area contributed by atoms with E-state index in [0.29, 0.717) is 19.0 Å². The van der Waals surface area contributed by atoms with Crippen molar-refractivity contribution in [3.63, 3.8) is 0 Å². The maximum Gasteiger partial charge on any atom is 0.308 e. The first-order valence-electron chi connectivity index (χ1n) is 5.97. The molecule has 2 unspecified atom stereocenters. The van der Waals surface area contributed by atoms with Gasteiger partial charge in [0.15, 0.2) is 11.5 Å². The summed E-state index contributed by atoms with van der Waals surface area (Å²) in [6, 6.07) is 5.36. The Morgan fingerprint density at radius 2 is 1.94 bits per heavy atom. The van der Waals surface area contributed by atoms with Crippen LogP contribution in [0.5, 0.6) is 11.5 Å². The molecule has 1 aliphatic rings. The Labute approximate surface area is 106 Å². The van der Waals surface area contributed by atoms with E-state index in [0.717, 1.165) is 11.4 Å². The first kappa shape index (κ1) is 12.5. The zero-order chi connectivity index (χ0) is 13.1. The molecule has 5 heteroatoms. The first-order chi connectivity index (χ1) is 8.58. The summed E-state index contributed by atoms with van der Waals surface area (Å²) in [5.41, 5.74) is 0.833. The van der Waals surface area contributed by atoms with Gasteiger partial charge in [0.05, 0.1) is 5.92 Å². The summed E-state index contributed by atoms with van der Waals surface area (Å²) in [6.07, 6.45) is 0. The van der Waals surface area contributed by atoms with Crippen molar-refractivity contribution >= 4 is 11.7 Å². The van der Waals surface area contributed by atoms with Crippen molar-refractivity contribution in [1.82, 2.24) is 0 Å². The van der Waals surface area contributed by atoms with Crippen LogP contribution >= 0.6 is 0 Å². The molecule has 5 nitrogen and oxygen atoms in total. The van der Waals surface area contributed by atoms with Crippen molar-refractivity contribution in [1.29, 1.82) is 0 Å². The molecule has 0 fully saturated rings. The largest absolute Gasteiger partial charge is 0.486 e. The fraction of sp³-hybridized carbons (Fsp3) is 0.462. The van der Waals surface area contributed by atoms with Crippen LogP contribution in [0, 0.1) is 5.92 Å². The molecule has 1 aliphatic heterocycles. The van der Waals surface area contributed by atoms with Crippen LogP contribution in [-0.4, -0.2) is 30.3 Å². The number of carbonyl (C=O) groups is 1. The summed E-state index contributed by atoms with van der Waals surface area (Å²) in [4.78, 5) is 10.9. The molecule has 2 rings (SSSR count). The van der Waals surface area contributed by atoms with Gasteiger partial charge < -0.3 is 19.9 Å². The van der Waals surface area contributed by atoms with Gasteiger partial charge in [-0.3, -0.25) is 4.79 Å². The Balaban J connectivity index is 2.08. The van der Waals surface area contributed by atoms with Crippen LogP contribution < -0.4 is 14.8 Å². The van der Waals surface area contributed by atoms with Gasteiger partial charge in [-0.1, -0.05) is 0 Å². The summed E-state index contributed by atoms with van der Waals surface area (Å²) >= 11 is 0. The third-order valence-corrected chi connectivity index (χ3v) is 3.08. The normalized spacial score (nSPS) is 16.8. The third-order valence-electron chi connectivity index (χ3n) is 3.08. The molecule has 1 heterocycles. The Morgan fingerprint density at radius 3 is 2.61 bits per heavy atom. The van der Waals surface area contributed by atoms with Gasteiger partial charge in [0.2, 0.25) is 0 Å². The lowest BCUT2D eigenvalue weighted by Gasteiger charge is -2.22. The number of rotatable bonds is 4. The van der Waals surface area contributed by atoms with Crippen LogP contribution in [0.2, 0.25) is 0 Å². The predicted octanol–water partition coefficient (Wildman–Crippen LogP) is 1.98. The van der Waals surface area contributed by atoms with E-state index in [1.165, 1.54) is 0 Å². The molecule has 0 radical (unpaired) electrons. The van der Waals surface area contributed by atoms with E-state index in [2.05, 4.69) is 5.32 Å². The number of nitrogens with one attached hydrogen (secondary N) is 1. The van der Waals surface area contributed by atoms with Crippen molar-refractivity contribution in [2.45, 2.75) is 19.9 Å². The lowest BCUT2D eigenvalue weighted by molar-refractivity contribution is -0.141. The second kappa shape index (κ2) is 5.16. The predicted molar refractivity (Wildman–Crippen MR) is 67.3 cm³/mol. The fourth-order valence-electron chi connectivity index (χ4n) is 1.73. The molecule has 0 aromatic heterocycles. The smallest absolute Gasteiger partial charge is 0.308 e. The number of anilines is 1. The summed E-state index contributed by atoms with van der Waals surface area (Å²) in [5.74, 6) is 0.151. The van der Waals surface area contributed by atoms with E-state index in [1.54, 1.807) is 6.92 Å². The van der Waals surface area contributed by atoms with Crippen LogP contribution in [0.15, 0.2) is 18.2 Å². The van der Waals surface area contributed by atoms with Gasteiger partial charge in [-0.15, -0.1) is 0 Å². The molecule has 1 aromatic carbocycles. The average molecular weight is 251 g/mol. The molecule has 0 amide bonds. The van der Waals surface area contributed by atoms with E-state index in [1.807, 2.05) is 25.1 Å². The summed E-state index contributed by atoms with van der Waals surface area (Å²) < 4.78 is 10.9. The van der Waals surface area contributed by atoms with Crippen molar-refractivity contribution in [2.24, 2.45) is 5.92 Å². The van der Waals surface area contributed by atoms with Gasteiger partial charge in [-0.2, -0.15) is 0 Å². The number of aliphatic carboxylic acids is 1. The topological polar surface area (TPSA) is 67.8 Å². The minimum atomic E-state index is -0.812. The number of carboxylic acids is 1. The van der Waals surface area contributed by atoms with E-state index in [4.69, 9.17) is 14.6 Å². The Morgan fingerprint density at radius 1 is 1.28 bits per heavy atom. The van der Waals surface area contributed by atoms with Crippen molar-refractivity contribution in [3.8, 4) is 11.5 Å². The fourth-order valence-corrected chi connectivity index (χ4v) is 1.73. The van der Waals surface area contributed by atoms with E-state index in [9.17, 15) is 4.79 Å². The molecule has 0 bridgehead atoms. The SMILES string of the molecule is CC(Nc1ccc2c(c1)OCCO2)C(C)C(=O)O. The van der Waals surface area contributed by atoms with Gasteiger partial charge >= 0.3 is 5.97 Å². The van der Waals surface area contributed by atoms with Crippen molar-refractivity contribution in [2.75, 3.05) is 18.5 Å². The van der Waals surface area contributed by atoms with Gasteiger partial charge in [0.1, 0.15) is 13.2 Å². The van der Waals surface area contributed by atoms with Crippen LogP contribution in [0.3, 0.4) is 0 Å². The highest BCUT2D eigenvalue weighted by Crippen LogP contribution is 2.33. The van der Waals surface area contributed by atoms with E-state index >= 15 is 0 Å². The zero-order valence-electron chi connectivity index (χ0n) is 10.5. The first-order valence-corrected chi connectivity index (χ1v) is 5.97. The Kier molecular flexibility index (Phi) is 3.60. The highest BCUT2D eigenvalue weighted by Gasteiger charge is 2.20. The van der Waals surface area contributed by atoms with E-state index in [-0.39, 0.29) is 6.04 Å². The average Bonchev–Trinajstić information content (AvgIpc) is 2.37. The number of fused-ring (bicyclic) bond motifs is 1. The van der Waals surface area contributed by atoms with Crippen molar-refractivity contribution in [3.05, 3.63) is 18.2 Å². The number of ether oxygens (including phenoxy) is 2. The maximum atomic E-state index is 10.9. The standard InChI is InChI=1S/C13H17NO4/c1-8(13(15)16)9(2)14-10-3-4-11-12(7-10)18-6-5-17-11/h3-4,7-9,14H,5-6H2,1-2H3,(H,15,16). The van der Waals surface area contributed by atoms with Crippen LogP contribution in [0.25, 0.3) is 0 Å². The van der Waals surface area contributed by atoms with Crippen molar-refractivity contribution < 1.29 is 19.4 Å². The Hall–Kier alpha value is -1.91. The summed E-state index contributed by atoms with van der Waals surface area (Å²) in [6.45, 7) is 4.62. The van der Waals surface area contributed by atoms with E-state index < -0.39 is 11.9 Å². The van der Waals surface area contributed by atoms with Crippen LogP contribution in [0.4, 0.5) is 5.69 Å². The van der Waals surface area contributed by atoms with Gasteiger partial charge in [0.25, 0.3) is 0 Å². The third kappa shape index (κ3) is 2.67. The monoisotopic (exact) mass is 251 g/mol. The molecule has 0 spiro atoms. The van der Waals surface area contributed by atoms with Crippen LogP contribution in [0.1, 0.15) is 13.8 Å². The molecule has 18 heavy (non-hydrogen) atoms. The Bertz CT molecular complexity index is 447. The molecule has 2 atom stereocenters. The molecule has 0 aliphatic carbocycles. The molecule has 2 N–H and O–H groups in total. The molecule has 98 valence electrons. The summed E-state index contributed by atoms with van der Waals surface area (Å²) in [7, 11) is 0. The van der Waals surface area contributed by atoms with Crippen LogP contribution in [-0.2, 0) is 4.79 Å². The molecular weight excluding hydrogens is 234 g/mol. The van der Waals surface area contributed by atoms with Gasteiger partial charge in [-0.25, -0.2) is 0 Å². The molecule has 0 saturated heterocycles. The molecule has 0 saturated carbocycles. The minimum Gasteiger partial charge on any atom is -0.486 e. The molecule has 1 aromatic rings. The maximum absolute atomic E-state index is 10.9. The number of hydrogen-bond acceptors (Lipinski definition) is 4. The zero-order valence-corrected chi connectivity index (χ0v) is 10.5. The highest BCUT2D eigenvalue weighted by atomic mass is 16.6. The lowest BCUT2D eigenvalue weighted by atomic mass is 10.0. The summed E-state index contributed by atoms with van der Waals surface area (Å²) in [5, 5.41) is 12.1. The minimum absolute atomic E-state index is 0.162. The van der Waals surface area contributed by atoms with Gasteiger partial charge in [-0.05, 0) is 26.0 Å². The van der Waals surface area contributed by atoms with Gasteiger partial charge in [0, 0.05) is 17.8 Å². The lowest BCUT2D eigenvalue weighted by Crippen LogP contribution is -2.29. The number of carboxylic acid groups (broad SMARTS) is 1.